The molecule has 0 fully saturated rings. The predicted octanol–water partition coefficient (Wildman–Crippen LogP) is 1.62. The van der Waals surface area contributed by atoms with E-state index < -0.39 is 0 Å². The van der Waals surface area contributed by atoms with Crippen LogP contribution in [-0.4, -0.2) is 9.46 Å². The van der Waals surface area contributed by atoms with Gasteiger partial charge in [-0.05, 0) is 11.9 Å². The van der Waals surface area contributed by atoms with Crippen molar-refractivity contribution in [2.75, 3.05) is 0 Å². The number of hydrogen-bond donors (Lipinski definition) is 1. The SMILES string of the molecule is SC1SC=NS1. The average molecular weight is 137 g/mol. The van der Waals surface area contributed by atoms with E-state index in [1.165, 1.54) is 11.9 Å². The zero-order chi connectivity index (χ0) is 4.41. The molecular formula is C2H3NS3. The zero-order valence-corrected chi connectivity index (χ0v) is 5.39. The minimum Gasteiger partial charge on any atom is -0.216 e. The van der Waals surface area contributed by atoms with Crippen molar-refractivity contribution in [3.63, 3.8) is 0 Å². The molecule has 0 bridgehead atoms. The van der Waals surface area contributed by atoms with Gasteiger partial charge in [0.1, 0.15) is 3.91 Å². The molecule has 1 rings (SSSR count). The van der Waals surface area contributed by atoms with Gasteiger partial charge in [-0.25, -0.2) is 4.40 Å². The largest absolute Gasteiger partial charge is 0.216 e. The highest BCUT2D eigenvalue weighted by Gasteiger charge is 2.04. The molecule has 1 nitrogen and oxygen atoms in total. The first-order valence-corrected chi connectivity index (χ1v) is 3.70. The fraction of sp³-hybridized carbons (Fsp3) is 0.500. The molecule has 0 aromatic rings. The van der Waals surface area contributed by atoms with Crippen LogP contribution >= 0.6 is 36.3 Å². The van der Waals surface area contributed by atoms with Gasteiger partial charge in [0.05, 0.1) is 5.55 Å². The van der Waals surface area contributed by atoms with Crippen molar-refractivity contribution in [1.82, 2.24) is 0 Å². The molecule has 0 aromatic heterocycles. The Balaban J connectivity index is 2.32. The molecule has 0 radical (unpaired) electrons. The summed E-state index contributed by atoms with van der Waals surface area (Å²) >= 11 is 7.22. The molecule has 0 aromatic carbocycles. The second kappa shape index (κ2) is 2.14. The van der Waals surface area contributed by atoms with Crippen molar-refractivity contribution in [2.45, 2.75) is 3.91 Å². The van der Waals surface area contributed by atoms with Gasteiger partial charge < -0.3 is 0 Å². The summed E-state index contributed by atoms with van der Waals surface area (Å²) in [7, 11) is 0. The van der Waals surface area contributed by atoms with Crippen LogP contribution in [0.1, 0.15) is 0 Å². The molecule has 0 saturated carbocycles. The van der Waals surface area contributed by atoms with Gasteiger partial charge in [-0.1, -0.05) is 11.8 Å². The minimum atomic E-state index is 0.352. The van der Waals surface area contributed by atoms with E-state index in [4.69, 9.17) is 0 Å². The summed E-state index contributed by atoms with van der Waals surface area (Å²) < 4.78 is 4.19. The zero-order valence-electron chi connectivity index (χ0n) is 2.87. The van der Waals surface area contributed by atoms with Gasteiger partial charge in [0, 0.05) is 0 Å². The lowest BCUT2D eigenvalue weighted by molar-refractivity contribution is 1.98. The molecule has 1 unspecified atom stereocenters. The third-order valence-electron chi connectivity index (χ3n) is 0.371. The summed E-state index contributed by atoms with van der Waals surface area (Å²) in [5, 5.41) is 0. The van der Waals surface area contributed by atoms with Crippen LogP contribution in [-0.2, 0) is 0 Å². The van der Waals surface area contributed by atoms with Crippen molar-refractivity contribution in [3.05, 3.63) is 0 Å². The molecule has 1 heterocycles. The molecule has 0 spiro atoms. The van der Waals surface area contributed by atoms with E-state index in [2.05, 4.69) is 17.0 Å². The highest BCUT2D eigenvalue weighted by molar-refractivity contribution is 8.35. The molecule has 0 aliphatic carbocycles. The third-order valence-corrected chi connectivity index (χ3v) is 2.61. The Morgan fingerprint density at radius 2 is 2.67 bits per heavy atom. The van der Waals surface area contributed by atoms with Crippen LogP contribution in [0, 0.1) is 0 Å². The van der Waals surface area contributed by atoms with Crippen LogP contribution in [0.4, 0.5) is 0 Å². The highest BCUT2D eigenvalue weighted by atomic mass is 32.3. The molecule has 1 atom stereocenters. The number of rotatable bonds is 0. The maximum atomic E-state index is 4.09. The monoisotopic (exact) mass is 137 g/mol. The van der Waals surface area contributed by atoms with Gasteiger partial charge in [0.25, 0.3) is 0 Å². The topological polar surface area (TPSA) is 12.4 Å². The van der Waals surface area contributed by atoms with E-state index >= 15 is 0 Å². The van der Waals surface area contributed by atoms with Crippen molar-refractivity contribution >= 4 is 41.9 Å². The molecular weight excluding hydrogens is 134 g/mol. The van der Waals surface area contributed by atoms with Crippen molar-refractivity contribution < 1.29 is 0 Å². The quantitative estimate of drug-likeness (QED) is 0.402. The summed E-state index contributed by atoms with van der Waals surface area (Å²) in [6.45, 7) is 0. The third kappa shape index (κ3) is 1.10. The maximum absolute atomic E-state index is 4.09. The number of thioether (sulfide) groups is 1. The summed E-state index contributed by atoms with van der Waals surface area (Å²) in [5.41, 5.74) is 1.81. The minimum absolute atomic E-state index is 0.352. The van der Waals surface area contributed by atoms with Crippen LogP contribution < -0.4 is 0 Å². The highest BCUT2D eigenvalue weighted by Crippen LogP contribution is 2.31. The second-order valence-corrected chi connectivity index (χ2v) is 4.12. The van der Waals surface area contributed by atoms with Crippen molar-refractivity contribution in [1.29, 1.82) is 0 Å². The van der Waals surface area contributed by atoms with E-state index in [0.29, 0.717) is 3.91 Å². The first-order chi connectivity index (χ1) is 2.89. The fourth-order valence-electron chi connectivity index (χ4n) is 0.179. The molecule has 1 aliphatic rings. The summed E-state index contributed by atoms with van der Waals surface area (Å²) in [5.74, 6) is 0. The lowest BCUT2D eigenvalue weighted by Gasteiger charge is -1.87. The Morgan fingerprint density at radius 3 is 2.83 bits per heavy atom. The maximum Gasteiger partial charge on any atom is 0.120 e. The lowest BCUT2D eigenvalue weighted by atomic mass is 11.7. The van der Waals surface area contributed by atoms with Gasteiger partial charge >= 0.3 is 0 Å². The Morgan fingerprint density at radius 1 is 1.83 bits per heavy atom. The smallest absolute Gasteiger partial charge is 0.120 e. The standard InChI is InChI=1S/C2H3NS3/c4-2-5-1-3-6-2/h1-2,4H. The summed E-state index contributed by atoms with van der Waals surface area (Å²) in [6.07, 6.45) is 0. The van der Waals surface area contributed by atoms with Crippen LogP contribution in [0.15, 0.2) is 4.40 Å². The molecule has 6 heavy (non-hydrogen) atoms. The molecule has 0 saturated heterocycles. The van der Waals surface area contributed by atoms with Gasteiger partial charge in [0.2, 0.25) is 0 Å². The first-order valence-electron chi connectivity index (χ1n) is 1.41. The fourth-order valence-corrected chi connectivity index (χ4v) is 1.61. The molecule has 34 valence electrons. The molecule has 1 aliphatic heterocycles. The Labute approximate surface area is 50.5 Å². The van der Waals surface area contributed by atoms with Gasteiger partial charge in [-0.2, -0.15) is 12.6 Å². The van der Waals surface area contributed by atoms with Gasteiger partial charge in [0.15, 0.2) is 0 Å². The molecule has 0 amide bonds. The average Bonchev–Trinajstić information content (AvgIpc) is 1.86. The predicted molar refractivity (Wildman–Crippen MR) is 36.4 cm³/mol. The number of thiol groups is 1. The first kappa shape index (κ1) is 4.87. The van der Waals surface area contributed by atoms with Crippen molar-refractivity contribution in [3.8, 4) is 0 Å². The number of hydrogen-bond acceptors (Lipinski definition) is 4. The van der Waals surface area contributed by atoms with Gasteiger partial charge in [-0.3, -0.25) is 0 Å². The Hall–Kier alpha value is 0.720. The summed E-state index contributed by atoms with van der Waals surface area (Å²) in [4.78, 5) is 0. The van der Waals surface area contributed by atoms with E-state index in [1.54, 1.807) is 11.8 Å². The van der Waals surface area contributed by atoms with E-state index in [0.717, 1.165) is 0 Å². The van der Waals surface area contributed by atoms with E-state index in [9.17, 15) is 0 Å². The Bertz CT molecular complexity index is 63.2. The van der Waals surface area contributed by atoms with Crippen LogP contribution in [0.2, 0.25) is 0 Å². The van der Waals surface area contributed by atoms with Gasteiger partial charge in [-0.15, -0.1) is 0 Å². The Kier molecular flexibility index (Phi) is 1.74. The number of nitrogens with zero attached hydrogens (tertiary/aromatic N) is 1. The molecule has 0 N–H and O–H groups in total. The van der Waals surface area contributed by atoms with E-state index in [1.807, 2.05) is 5.55 Å². The second-order valence-electron chi connectivity index (χ2n) is 0.759. The van der Waals surface area contributed by atoms with Crippen molar-refractivity contribution in [2.24, 2.45) is 4.40 Å². The molecule has 4 heteroatoms. The lowest BCUT2D eigenvalue weighted by Crippen LogP contribution is -1.69. The summed E-state index contributed by atoms with van der Waals surface area (Å²) in [6, 6.07) is 0. The van der Waals surface area contributed by atoms with E-state index in [-0.39, 0.29) is 0 Å². The van der Waals surface area contributed by atoms with Crippen LogP contribution in [0.3, 0.4) is 0 Å². The van der Waals surface area contributed by atoms with Crippen LogP contribution in [0.5, 0.6) is 0 Å². The van der Waals surface area contributed by atoms with Crippen LogP contribution in [0.25, 0.3) is 0 Å². The normalized spacial score (nSPS) is 31.8.